The fourth-order valence-electron chi connectivity index (χ4n) is 2.42. The van der Waals surface area contributed by atoms with Crippen LogP contribution in [-0.4, -0.2) is 36.6 Å². The van der Waals surface area contributed by atoms with Gasteiger partial charge in [-0.25, -0.2) is 4.79 Å². The molecule has 0 aliphatic carbocycles. The molecule has 1 aromatic carbocycles. The molecule has 0 fully saturated rings. The van der Waals surface area contributed by atoms with Crippen molar-refractivity contribution < 1.29 is 24.0 Å². The highest BCUT2D eigenvalue weighted by molar-refractivity contribution is 6.47. The maximum atomic E-state index is 11.9. The summed E-state index contributed by atoms with van der Waals surface area (Å²) < 4.78 is 10.4. The average molecular weight is 305 g/mol. The molecule has 1 heterocycles. The van der Waals surface area contributed by atoms with Crippen molar-refractivity contribution in [1.29, 1.82) is 0 Å². The van der Waals surface area contributed by atoms with E-state index in [0.717, 1.165) is 12.0 Å². The summed E-state index contributed by atoms with van der Waals surface area (Å²) in [4.78, 5) is 23.6. The lowest BCUT2D eigenvalue weighted by Gasteiger charge is -2.29. The molecule has 2 N–H and O–H groups in total. The maximum absolute atomic E-state index is 11.9. The average Bonchev–Trinajstić information content (AvgIpc) is 2.48. The van der Waals surface area contributed by atoms with E-state index in [1.807, 2.05) is 13.0 Å². The predicted octanol–water partition coefficient (Wildman–Crippen LogP) is 1.10. The number of esters is 1. The normalized spacial score (nSPS) is 16.5. The van der Waals surface area contributed by atoms with E-state index in [4.69, 9.17) is 9.39 Å². The highest BCUT2D eigenvalue weighted by Gasteiger charge is 2.37. The summed E-state index contributed by atoms with van der Waals surface area (Å²) in [5, 5.41) is 12.8. The van der Waals surface area contributed by atoms with Gasteiger partial charge in [-0.05, 0) is 31.4 Å². The van der Waals surface area contributed by atoms with Crippen LogP contribution >= 0.6 is 0 Å². The molecule has 0 spiro atoms. The molecular weight excluding hydrogens is 285 g/mol. The minimum Gasteiger partial charge on any atom is -0.534 e. The van der Waals surface area contributed by atoms with Gasteiger partial charge >= 0.3 is 13.1 Å². The lowest BCUT2D eigenvalue weighted by atomic mass is 9.72. The summed E-state index contributed by atoms with van der Waals surface area (Å²) in [5.74, 6) is -0.807. The van der Waals surface area contributed by atoms with Gasteiger partial charge in [0.2, 0.25) is 5.91 Å². The second-order valence-electron chi connectivity index (χ2n) is 5.15. The number of para-hydroxylation sites is 1. The fraction of sp³-hybridized carbons (Fsp3) is 0.467. The van der Waals surface area contributed by atoms with Crippen molar-refractivity contribution in [3.63, 3.8) is 0 Å². The molecule has 0 unspecified atom stereocenters. The second kappa shape index (κ2) is 7.31. The minimum absolute atomic E-state index is 0.125. The molecule has 0 saturated heterocycles. The summed E-state index contributed by atoms with van der Waals surface area (Å²) in [6, 6.07) is 5.14. The van der Waals surface area contributed by atoms with Crippen LogP contribution in [0.3, 0.4) is 0 Å². The van der Waals surface area contributed by atoms with Crippen LogP contribution < -0.4 is 9.97 Å². The molecule has 1 aliphatic rings. The zero-order chi connectivity index (χ0) is 16.1. The zero-order valence-corrected chi connectivity index (χ0v) is 12.8. The number of amides is 1. The van der Waals surface area contributed by atoms with Crippen LogP contribution in [0.2, 0.25) is 0 Å². The van der Waals surface area contributed by atoms with E-state index in [-0.39, 0.29) is 18.1 Å². The molecule has 1 aliphatic heterocycles. The van der Waals surface area contributed by atoms with Crippen molar-refractivity contribution in [2.75, 3.05) is 6.61 Å². The largest absolute Gasteiger partial charge is 0.547 e. The quantitative estimate of drug-likeness (QED) is 0.628. The molecule has 0 aromatic heterocycles. The molecule has 7 heteroatoms. The van der Waals surface area contributed by atoms with Gasteiger partial charge in [-0.1, -0.05) is 19.1 Å². The second-order valence-corrected chi connectivity index (χ2v) is 5.15. The van der Waals surface area contributed by atoms with Gasteiger partial charge in [0.15, 0.2) is 0 Å². The predicted molar refractivity (Wildman–Crippen MR) is 81.5 cm³/mol. The molecule has 1 atom stereocenters. The first kappa shape index (κ1) is 16.4. The molecule has 22 heavy (non-hydrogen) atoms. The fourth-order valence-corrected chi connectivity index (χ4v) is 2.42. The third-order valence-corrected chi connectivity index (χ3v) is 3.44. The smallest absolute Gasteiger partial charge is 0.534 e. The molecule has 118 valence electrons. The number of carbonyl (C=O) groups is 2. The lowest BCUT2D eigenvalue weighted by Crippen LogP contribution is -2.53. The number of rotatable bonds is 5. The van der Waals surface area contributed by atoms with Gasteiger partial charge in [0.1, 0.15) is 11.3 Å². The van der Waals surface area contributed by atoms with Gasteiger partial charge in [0.05, 0.1) is 12.5 Å². The number of hydrogen-bond acceptors (Lipinski definition) is 5. The number of benzene rings is 1. The van der Waals surface area contributed by atoms with Crippen LogP contribution in [0.5, 0.6) is 5.75 Å². The van der Waals surface area contributed by atoms with E-state index in [1.165, 1.54) is 0 Å². The van der Waals surface area contributed by atoms with Gasteiger partial charge in [0.25, 0.3) is 0 Å². The van der Waals surface area contributed by atoms with Gasteiger partial charge in [-0.15, -0.1) is 0 Å². The van der Waals surface area contributed by atoms with Crippen LogP contribution in [-0.2, 0) is 16.0 Å². The third kappa shape index (κ3) is 3.60. The number of ether oxygens (including phenoxy) is 1. The minimum atomic E-state index is -1.19. The van der Waals surface area contributed by atoms with Gasteiger partial charge < -0.3 is 19.7 Å². The van der Waals surface area contributed by atoms with Gasteiger partial charge in [-0.3, -0.25) is 4.79 Å². The summed E-state index contributed by atoms with van der Waals surface area (Å²) in [6.07, 6.45) is 1.54. The number of nitrogens with one attached hydrogen (secondary N) is 1. The Morgan fingerprint density at radius 1 is 1.45 bits per heavy atom. The maximum Gasteiger partial charge on any atom is 0.547 e. The van der Waals surface area contributed by atoms with Crippen molar-refractivity contribution >= 4 is 19.0 Å². The van der Waals surface area contributed by atoms with Crippen molar-refractivity contribution in [3.05, 3.63) is 29.3 Å². The van der Waals surface area contributed by atoms with Crippen molar-refractivity contribution in [3.8, 4) is 5.75 Å². The first-order chi connectivity index (χ1) is 10.6. The van der Waals surface area contributed by atoms with Crippen LogP contribution in [0.4, 0.5) is 0 Å². The van der Waals surface area contributed by atoms with E-state index in [2.05, 4.69) is 5.32 Å². The standard InChI is InChI=1S/C15H20BNO5/c1-3-6-13(18)17-12-9-10-7-5-8-11(15(19)21-4-2)14(10)22-16(12)20/h5,7-8,12,20H,3-4,6,9H2,1-2H3,(H,17,18)/t12-/m0/s1. The molecule has 1 amide bonds. The highest BCUT2D eigenvalue weighted by Crippen LogP contribution is 2.30. The monoisotopic (exact) mass is 305 g/mol. The van der Waals surface area contributed by atoms with Gasteiger partial charge in [0, 0.05) is 6.42 Å². The van der Waals surface area contributed by atoms with E-state index in [1.54, 1.807) is 19.1 Å². The van der Waals surface area contributed by atoms with Crippen molar-refractivity contribution in [2.45, 2.75) is 39.1 Å². The Kier molecular flexibility index (Phi) is 5.43. The number of fused-ring (bicyclic) bond motifs is 1. The molecule has 6 nitrogen and oxygen atoms in total. The topological polar surface area (TPSA) is 84.9 Å². The van der Waals surface area contributed by atoms with Crippen LogP contribution in [0.1, 0.15) is 42.6 Å². The Morgan fingerprint density at radius 3 is 2.91 bits per heavy atom. The summed E-state index contributed by atoms with van der Waals surface area (Å²) >= 11 is 0. The molecule has 0 bridgehead atoms. The van der Waals surface area contributed by atoms with Crippen LogP contribution in [0.15, 0.2) is 18.2 Å². The Morgan fingerprint density at radius 2 is 2.23 bits per heavy atom. The van der Waals surface area contributed by atoms with Gasteiger partial charge in [-0.2, -0.15) is 0 Å². The Labute approximate surface area is 129 Å². The van der Waals surface area contributed by atoms with E-state index >= 15 is 0 Å². The summed E-state index contributed by atoms with van der Waals surface area (Å²) in [5.41, 5.74) is 1.05. The van der Waals surface area contributed by atoms with E-state index in [9.17, 15) is 14.6 Å². The molecular formula is C15H20BNO5. The van der Waals surface area contributed by atoms with E-state index in [0.29, 0.717) is 18.6 Å². The molecule has 0 saturated carbocycles. The first-order valence-electron chi connectivity index (χ1n) is 7.49. The number of carbonyl (C=O) groups excluding carboxylic acids is 2. The zero-order valence-electron chi connectivity index (χ0n) is 12.8. The van der Waals surface area contributed by atoms with Crippen LogP contribution in [0, 0.1) is 0 Å². The van der Waals surface area contributed by atoms with Crippen LogP contribution in [0.25, 0.3) is 0 Å². The van der Waals surface area contributed by atoms with E-state index < -0.39 is 19.0 Å². The van der Waals surface area contributed by atoms with Crippen molar-refractivity contribution in [2.24, 2.45) is 0 Å². The Hall–Kier alpha value is -2.02. The van der Waals surface area contributed by atoms with Crippen molar-refractivity contribution in [1.82, 2.24) is 5.32 Å². The first-order valence-corrected chi connectivity index (χ1v) is 7.49. The SMILES string of the molecule is CCCC(=O)N[C@H]1Cc2cccc(C(=O)OCC)c2OB1O. The highest BCUT2D eigenvalue weighted by atomic mass is 16.5. The third-order valence-electron chi connectivity index (χ3n) is 3.44. The Bertz CT molecular complexity index is 563. The number of hydrogen-bond donors (Lipinski definition) is 2. The summed E-state index contributed by atoms with van der Waals surface area (Å²) in [7, 11) is -1.19. The molecule has 0 radical (unpaired) electrons. The lowest BCUT2D eigenvalue weighted by molar-refractivity contribution is -0.121. The Balaban J connectivity index is 2.18. The molecule has 1 aromatic rings. The summed E-state index contributed by atoms with van der Waals surface area (Å²) in [6.45, 7) is 3.90. The molecule has 2 rings (SSSR count).